The first-order valence-electron chi connectivity index (χ1n) is 10.1. The molecule has 0 saturated carbocycles. The first kappa shape index (κ1) is 19.4. The number of benzene rings is 2. The average molecular weight is 389 g/mol. The summed E-state index contributed by atoms with van der Waals surface area (Å²) in [5.74, 6) is -0.140. The highest BCUT2D eigenvalue weighted by Gasteiger charge is 2.24. The number of carbonyl (C=O) groups excluding carboxylic acids is 1. The molecule has 1 N–H and O–H groups in total. The minimum absolute atomic E-state index is 0.0705. The van der Waals surface area contributed by atoms with Gasteiger partial charge in [0.15, 0.2) is 0 Å². The Morgan fingerprint density at radius 2 is 1.76 bits per heavy atom. The van der Waals surface area contributed by atoms with Crippen molar-refractivity contribution >= 4 is 5.91 Å². The van der Waals surface area contributed by atoms with Gasteiger partial charge < -0.3 is 0 Å². The van der Waals surface area contributed by atoms with Gasteiger partial charge in [0.05, 0.1) is 11.9 Å². The molecule has 4 rings (SSSR count). The van der Waals surface area contributed by atoms with Gasteiger partial charge in [-0.25, -0.2) is 5.43 Å². The fourth-order valence-corrected chi connectivity index (χ4v) is 3.69. The Morgan fingerprint density at radius 1 is 1.03 bits per heavy atom. The van der Waals surface area contributed by atoms with Gasteiger partial charge in [0.2, 0.25) is 0 Å². The van der Waals surface area contributed by atoms with Gasteiger partial charge in [0.1, 0.15) is 0 Å². The normalized spacial score (nSPS) is 14.0. The summed E-state index contributed by atoms with van der Waals surface area (Å²) in [7, 11) is 0. The van der Waals surface area contributed by atoms with Crippen LogP contribution in [-0.4, -0.2) is 27.2 Å². The van der Waals surface area contributed by atoms with Crippen molar-refractivity contribution in [3.05, 3.63) is 88.7 Å². The van der Waals surface area contributed by atoms with Crippen LogP contribution in [0, 0.1) is 0 Å². The Labute approximate surface area is 172 Å². The second-order valence-electron chi connectivity index (χ2n) is 8.74. The highest BCUT2D eigenvalue weighted by Crippen LogP contribution is 2.23. The predicted octanol–water partition coefficient (Wildman–Crippen LogP) is 4.12. The molecule has 1 aromatic heterocycles. The topological polar surface area (TPSA) is 50.2 Å². The van der Waals surface area contributed by atoms with Gasteiger partial charge in [-0.15, -0.1) is 0 Å². The summed E-state index contributed by atoms with van der Waals surface area (Å²) in [5.41, 5.74) is 8.45. The van der Waals surface area contributed by atoms with Crippen molar-refractivity contribution in [1.82, 2.24) is 14.8 Å². The van der Waals surface area contributed by atoms with Crippen molar-refractivity contribution in [2.45, 2.75) is 45.7 Å². The summed E-state index contributed by atoms with van der Waals surface area (Å²) in [6, 6.07) is 18.3. The second kappa shape index (κ2) is 7.84. The van der Waals surface area contributed by atoms with Crippen LogP contribution < -0.4 is 5.43 Å². The molecule has 150 valence electrons. The van der Waals surface area contributed by atoms with Gasteiger partial charge in [-0.2, -0.15) is 9.89 Å². The average Bonchev–Trinajstić information content (AvgIpc) is 3.28. The van der Waals surface area contributed by atoms with E-state index in [-0.39, 0.29) is 11.3 Å². The third-order valence-electron chi connectivity index (χ3n) is 5.50. The minimum Gasteiger partial charge on any atom is -0.293 e. The molecular formula is C24H28N4O. The summed E-state index contributed by atoms with van der Waals surface area (Å²) in [5, 5.41) is 4.37. The maximum atomic E-state index is 12.7. The summed E-state index contributed by atoms with van der Waals surface area (Å²) in [6.07, 6.45) is 2.88. The molecule has 2 heterocycles. The molecule has 5 nitrogen and oxygen atoms in total. The summed E-state index contributed by atoms with van der Waals surface area (Å²) in [4.78, 5) is 16.7. The number of fused-ring (bicyclic) bond motifs is 1. The van der Waals surface area contributed by atoms with Crippen LogP contribution in [0.1, 0.15) is 53.5 Å². The van der Waals surface area contributed by atoms with Crippen molar-refractivity contribution in [1.29, 1.82) is 0 Å². The molecule has 0 radical (unpaired) electrons. The Bertz CT molecular complexity index is 984. The molecule has 2 aromatic carbocycles. The van der Waals surface area contributed by atoms with Crippen LogP contribution in [0.2, 0.25) is 0 Å². The number of nitrogens with zero attached hydrogens (tertiary/aromatic N) is 3. The van der Waals surface area contributed by atoms with E-state index >= 15 is 0 Å². The van der Waals surface area contributed by atoms with E-state index in [0.717, 1.165) is 31.7 Å². The molecule has 1 aliphatic rings. The van der Waals surface area contributed by atoms with Gasteiger partial charge in [0, 0.05) is 30.8 Å². The number of hydrogen-bond acceptors (Lipinski definition) is 3. The van der Waals surface area contributed by atoms with Gasteiger partial charge in [-0.05, 0) is 35.1 Å². The molecular weight excluding hydrogens is 360 g/mol. The molecule has 0 aliphatic carbocycles. The number of aromatic nitrogens is 2. The number of carbonyl (C=O) groups is 1. The molecule has 0 atom stereocenters. The SMILES string of the molecule is CC(C)(C)c1ccc(C(=O)Nn2ncc3c2CN(CCc2ccccc2)C3)cc1. The lowest BCUT2D eigenvalue weighted by molar-refractivity contribution is 0.100. The van der Waals surface area contributed by atoms with E-state index < -0.39 is 0 Å². The first-order valence-corrected chi connectivity index (χ1v) is 10.1. The molecule has 0 saturated heterocycles. The maximum Gasteiger partial charge on any atom is 0.271 e. The van der Waals surface area contributed by atoms with E-state index in [2.05, 4.69) is 60.5 Å². The monoisotopic (exact) mass is 388 g/mol. The van der Waals surface area contributed by atoms with Crippen molar-refractivity contribution in [3.8, 4) is 0 Å². The lowest BCUT2D eigenvalue weighted by atomic mass is 9.87. The van der Waals surface area contributed by atoms with Crippen molar-refractivity contribution in [3.63, 3.8) is 0 Å². The lowest BCUT2D eigenvalue weighted by Gasteiger charge is -2.19. The molecule has 0 bridgehead atoms. The van der Waals surface area contributed by atoms with Crippen LogP contribution in [0.25, 0.3) is 0 Å². The van der Waals surface area contributed by atoms with Crippen LogP contribution >= 0.6 is 0 Å². The molecule has 1 amide bonds. The fourth-order valence-electron chi connectivity index (χ4n) is 3.69. The number of amides is 1. The largest absolute Gasteiger partial charge is 0.293 e. The molecule has 0 fully saturated rings. The third kappa shape index (κ3) is 4.40. The van der Waals surface area contributed by atoms with Gasteiger partial charge in [-0.1, -0.05) is 63.2 Å². The smallest absolute Gasteiger partial charge is 0.271 e. The zero-order valence-corrected chi connectivity index (χ0v) is 17.4. The summed E-state index contributed by atoms with van der Waals surface area (Å²) < 4.78 is 0. The Hall–Kier alpha value is -2.92. The number of hydrogen-bond donors (Lipinski definition) is 1. The van der Waals surface area contributed by atoms with Gasteiger partial charge >= 0.3 is 0 Å². The standard InChI is InChI=1S/C24H28N4O/c1-24(2,3)21-11-9-19(10-12-21)23(29)26-28-22-17-27(16-20(22)15-25-28)14-13-18-7-5-4-6-8-18/h4-12,15H,13-14,16-17H2,1-3H3,(H,26,29). The third-order valence-corrected chi connectivity index (χ3v) is 5.50. The zero-order valence-electron chi connectivity index (χ0n) is 17.4. The fraction of sp³-hybridized carbons (Fsp3) is 0.333. The lowest BCUT2D eigenvalue weighted by Crippen LogP contribution is -2.27. The van der Waals surface area contributed by atoms with Gasteiger partial charge in [-0.3, -0.25) is 9.69 Å². The van der Waals surface area contributed by atoms with E-state index in [9.17, 15) is 4.79 Å². The maximum absolute atomic E-state index is 12.7. The molecule has 0 unspecified atom stereocenters. The van der Waals surface area contributed by atoms with Crippen molar-refractivity contribution in [2.75, 3.05) is 12.0 Å². The second-order valence-corrected chi connectivity index (χ2v) is 8.74. The van der Waals surface area contributed by atoms with E-state index in [0.29, 0.717) is 5.56 Å². The first-order chi connectivity index (χ1) is 13.9. The van der Waals surface area contributed by atoms with E-state index in [1.54, 1.807) is 4.79 Å². The summed E-state index contributed by atoms with van der Waals surface area (Å²) >= 11 is 0. The Kier molecular flexibility index (Phi) is 5.24. The highest BCUT2D eigenvalue weighted by molar-refractivity contribution is 5.99. The van der Waals surface area contributed by atoms with Crippen molar-refractivity contribution in [2.24, 2.45) is 0 Å². The quantitative estimate of drug-likeness (QED) is 0.715. The molecule has 1 aliphatic heterocycles. The Morgan fingerprint density at radius 3 is 2.45 bits per heavy atom. The van der Waals surface area contributed by atoms with E-state index in [1.165, 1.54) is 16.7 Å². The molecule has 3 aromatic rings. The van der Waals surface area contributed by atoms with Crippen LogP contribution in [0.4, 0.5) is 0 Å². The zero-order chi connectivity index (χ0) is 20.4. The van der Waals surface area contributed by atoms with Crippen LogP contribution in [0.15, 0.2) is 60.8 Å². The van der Waals surface area contributed by atoms with E-state index in [4.69, 9.17) is 0 Å². The van der Waals surface area contributed by atoms with Crippen molar-refractivity contribution < 1.29 is 4.79 Å². The Balaban J connectivity index is 1.38. The minimum atomic E-state index is -0.140. The van der Waals surface area contributed by atoms with Crippen LogP contribution in [-0.2, 0) is 24.9 Å². The summed E-state index contributed by atoms with van der Waals surface area (Å²) in [6.45, 7) is 9.15. The molecule has 0 spiro atoms. The molecule has 29 heavy (non-hydrogen) atoms. The van der Waals surface area contributed by atoms with E-state index in [1.807, 2.05) is 36.5 Å². The van der Waals surface area contributed by atoms with Gasteiger partial charge in [0.25, 0.3) is 5.91 Å². The number of rotatable bonds is 5. The highest BCUT2D eigenvalue weighted by atomic mass is 16.2. The number of nitrogens with one attached hydrogen (secondary N) is 1. The predicted molar refractivity (Wildman–Crippen MR) is 115 cm³/mol. The van der Waals surface area contributed by atoms with Crippen LogP contribution in [0.5, 0.6) is 0 Å². The molecule has 5 heteroatoms. The van der Waals surface area contributed by atoms with Crippen LogP contribution in [0.3, 0.4) is 0 Å².